The molecule has 0 aliphatic carbocycles. The first-order valence-corrected chi connectivity index (χ1v) is 6.53. The minimum Gasteiger partial charge on any atom is -0.273 e. The van der Waals surface area contributed by atoms with Gasteiger partial charge in [0.2, 0.25) is 10.7 Å². The SMILES string of the molecule is O=C(Cc1cccc2ccccc12)Nn1cn[nH]c1=S. The van der Waals surface area contributed by atoms with Gasteiger partial charge in [-0.1, -0.05) is 42.5 Å². The molecule has 0 bridgehead atoms. The van der Waals surface area contributed by atoms with Gasteiger partial charge in [-0.3, -0.25) is 15.3 Å². The predicted molar refractivity (Wildman–Crippen MR) is 79.4 cm³/mol. The lowest BCUT2D eigenvalue weighted by molar-refractivity contribution is -0.116. The molecule has 6 heteroatoms. The van der Waals surface area contributed by atoms with Gasteiger partial charge in [0.15, 0.2) is 0 Å². The molecule has 2 aromatic carbocycles. The third-order valence-corrected chi connectivity index (χ3v) is 3.32. The van der Waals surface area contributed by atoms with E-state index < -0.39 is 0 Å². The summed E-state index contributed by atoms with van der Waals surface area (Å²) in [5, 5.41) is 8.54. The van der Waals surface area contributed by atoms with Crippen LogP contribution < -0.4 is 5.43 Å². The number of amides is 1. The fourth-order valence-electron chi connectivity index (χ4n) is 2.12. The van der Waals surface area contributed by atoms with E-state index in [0.29, 0.717) is 4.77 Å². The standard InChI is InChI=1S/C14H12N4OS/c19-13(17-18-9-15-16-14(18)20)8-11-6-3-5-10-4-1-2-7-12(10)11/h1-7,9H,8H2,(H,16,20)(H,17,19). The number of fused-ring (bicyclic) bond motifs is 1. The molecule has 1 amide bonds. The Bertz CT molecular complexity index is 816. The topological polar surface area (TPSA) is 62.7 Å². The monoisotopic (exact) mass is 284 g/mol. The molecule has 0 saturated heterocycles. The van der Waals surface area contributed by atoms with Gasteiger partial charge in [-0.15, -0.1) is 0 Å². The van der Waals surface area contributed by atoms with Gasteiger partial charge in [-0.2, -0.15) is 5.10 Å². The van der Waals surface area contributed by atoms with Crippen LogP contribution in [0.4, 0.5) is 0 Å². The average molecular weight is 284 g/mol. The molecule has 0 unspecified atom stereocenters. The number of H-pyrrole nitrogens is 1. The van der Waals surface area contributed by atoms with Crippen molar-refractivity contribution >= 4 is 28.9 Å². The van der Waals surface area contributed by atoms with Gasteiger partial charge in [0, 0.05) is 0 Å². The van der Waals surface area contributed by atoms with Crippen molar-refractivity contribution in [3.63, 3.8) is 0 Å². The van der Waals surface area contributed by atoms with Crippen LogP contribution in [-0.2, 0) is 11.2 Å². The molecule has 0 atom stereocenters. The van der Waals surface area contributed by atoms with Crippen LogP contribution in [0.2, 0.25) is 0 Å². The first-order valence-electron chi connectivity index (χ1n) is 6.12. The molecule has 0 aliphatic heterocycles. The number of carbonyl (C=O) groups excluding carboxylic acids is 1. The number of aromatic amines is 1. The summed E-state index contributed by atoms with van der Waals surface area (Å²) >= 11 is 4.98. The fraction of sp³-hybridized carbons (Fsp3) is 0.0714. The number of hydrogen-bond acceptors (Lipinski definition) is 3. The van der Waals surface area contributed by atoms with Gasteiger partial charge in [0.1, 0.15) is 6.33 Å². The highest BCUT2D eigenvalue weighted by Crippen LogP contribution is 2.18. The molecule has 5 nitrogen and oxygen atoms in total. The first kappa shape index (κ1) is 12.6. The van der Waals surface area contributed by atoms with Crippen molar-refractivity contribution in [2.45, 2.75) is 6.42 Å². The highest BCUT2D eigenvalue weighted by atomic mass is 32.1. The molecule has 0 aliphatic rings. The maximum absolute atomic E-state index is 12.1. The van der Waals surface area contributed by atoms with Crippen molar-refractivity contribution in [1.82, 2.24) is 14.9 Å². The molecular weight excluding hydrogens is 272 g/mol. The summed E-state index contributed by atoms with van der Waals surface area (Å²) < 4.78 is 1.75. The molecule has 0 spiro atoms. The van der Waals surface area contributed by atoms with Crippen LogP contribution in [-0.4, -0.2) is 20.8 Å². The third-order valence-electron chi connectivity index (χ3n) is 3.03. The molecule has 1 heterocycles. The van der Waals surface area contributed by atoms with Crippen molar-refractivity contribution in [2.24, 2.45) is 0 Å². The number of benzene rings is 2. The number of rotatable bonds is 3. The van der Waals surface area contributed by atoms with Gasteiger partial charge >= 0.3 is 0 Å². The average Bonchev–Trinajstić information content (AvgIpc) is 2.85. The minimum absolute atomic E-state index is 0.140. The van der Waals surface area contributed by atoms with E-state index in [1.807, 2.05) is 42.5 Å². The van der Waals surface area contributed by atoms with Crippen molar-refractivity contribution in [3.05, 3.63) is 59.1 Å². The largest absolute Gasteiger partial charge is 0.273 e. The summed E-state index contributed by atoms with van der Waals surface area (Å²) in [6.07, 6.45) is 1.72. The normalized spacial score (nSPS) is 10.6. The van der Waals surface area contributed by atoms with E-state index >= 15 is 0 Å². The summed E-state index contributed by atoms with van der Waals surface area (Å²) in [7, 11) is 0. The second-order valence-electron chi connectivity index (χ2n) is 4.38. The van der Waals surface area contributed by atoms with Crippen molar-refractivity contribution < 1.29 is 4.79 Å². The van der Waals surface area contributed by atoms with E-state index in [-0.39, 0.29) is 12.3 Å². The molecule has 0 radical (unpaired) electrons. The summed E-state index contributed by atoms with van der Waals surface area (Å²) in [5.74, 6) is -0.140. The zero-order chi connectivity index (χ0) is 13.9. The lowest BCUT2D eigenvalue weighted by Gasteiger charge is -2.07. The Hall–Kier alpha value is -2.47. The number of nitrogens with one attached hydrogen (secondary N) is 2. The number of nitrogens with zero attached hydrogens (tertiary/aromatic N) is 2. The van der Waals surface area contributed by atoms with Gasteiger partial charge < -0.3 is 0 Å². The first-order chi connectivity index (χ1) is 9.74. The van der Waals surface area contributed by atoms with Crippen LogP contribution in [0.3, 0.4) is 0 Å². The van der Waals surface area contributed by atoms with Gasteiger partial charge in [-0.25, -0.2) is 4.68 Å². The summed E-state index contributed by atoms with van der Waals surface area (Å²) in [6, 6.07) is 13.9. The van der Waals surface area contributed by atoms with E-state index in [4.69, 9.17) is 12.2 Å². The lowest BCUT2D eigenvalue weighted by Crippen LogP contribution is -2.24. The van der Waals surface area contributed by atoms with E-state index in [1.54, 1.807) is 0 Å². The highest BCUT2D eigenvalue weighted by Gasteiger charge is 2.07. The van der Waals surface area contributed by atoms with E-state index in [2.05, 4.69) is 15.6 Å². The maximum atomic E-state index is 12.1. The molecule has 100 valence electrons. The zero-order valence-corrected chi connectivity index (χ0v) is 11.4. The van der Waals surface area contributed by atoms with E-state index in [0.717, 1.165) is 16.3 Å². The Morgan fingerprint density at radius 2 is 2.05 bits per heavy atom. The summed E-state index contributed by atoms with van der Waals surface area (Å²) in [5.41, 5.74) is 3.67. The Labute approximate surface area is 120 Å². The maximum Gasteiger partial charge on any atom is 0.243 e. The van der Waals surface area contributed by atoms with Crippen LogP contribution in [0.25, 0.3) is 10.8 Å². The zero-order valence-electron chi connectivity index (χ0n) is 10.5. The predicted octanol–water partition coefficient (Wildman–Crippen LogP) is 2.41. The molecule has 3 rings (SSSR count). The summed E-state index contributed by atoms with van der Waals surface area (Å²) in [6.45, 7) is 0. The molecule has 2 N–H and O–H groups in total. The van der Waals surface area contributed by atoms with Crippen LogP contribution in [0.1, 0.15) is 5.56 Å². The smallest absolute Gasteiger partial charge is 0.243 e. The van der Waals surface area contributed by atoms with Crippen molar-refractivity contribution in [1.29, 1.82) is 0 Å². The van der Waals surface area contributed by atoms with Crippen LogP contribution >= 0.6 is 12.2 Å². The molecule has 20 heavy (non-hydrogen) atoms. The van der Waals surface area contributed by atoms with Gasteiger partial charge in [-0.05, 0) is 28.6 Å². The van der Waals surface area contributed by atoms with E-state index in [1.165, 1.54) is 11.0 Å². The van der Waals surface area contributed by atoms with Crippen LogP contribution in [0, 0.1) is 4.77 Å². The van der Waals surface area contributed by atoms with Crippen molar-refractivity contribution in [2.75, 3.05) is 5.43 Å². The molecule has 1 aromatic heterocycles. The minimum atomic E-state index is -0.140. The molecule has 0 saturated carbocycles. The Morgan fingerprint density at radius 1 is 1.25 bits per heavy atom. The van der Waals surface area contributed by atoms with Crippen LogP contribution in [0.15, 0.2) is 48.8 Å². The second-order valence-corrected chi connectivity index (χ2v) is 4.77. The lowest BCUT2D eigenvalue weighted by atomic mass is 10.0. The number of aromatic nitrogens is 3. The number of carbonyl (C=O) groups is 1. The third kappa shape index (κ3) is 2.46. The van der Waals surface area contributed by atoms with Crippen molar-refractivity contribution in [3.8, 4) is 0 Å². The quantitative estimate of drug-likeness (QED) is 0.726. The molecular formula is C14H12N4OS. The molecule has 0 fully saturated rings. The van der Waals surface area contributed by atoms with Crippen LogP contribution in [0.5, 0.6) is 0 Å². The van der Waals surface area contributed by atoms with Gasteiger partial charge in [0.05, 0.1) is 6.42 Å². The summed E-state index contributed by atoms with van der Waals surface area (Å²) in [4.78, 5) is 12.1. The Kier molecular flexibility index (Phi) is 3.30. The number of hydrogen-bond donors (Lipinski definition) is 2. The second kappa shape index (κ2) is 5.26. The Balaban J connectivity index is 1.84. The molecule has 3 aromatic rings. The van der Waals surface area contributed by atoms with Gasteiger partial charge in [0.25, 0.3) is 0 Å². The Morgan fingerprint density at radius 3 is 2.85 bits per heavy atom. The van der Waals surface area contributed by atoms with E-state index in [9.17, 15) is 4.79 Å². The highest BCUT2D eigenvalue weighted by molar-refractivity contribution is 7.71. The fourth-order valence-corrected chi connectivity index (χ4v) is 2.27.